The molecular weight excluding hydrogens is 226 g/mol. The average Bonchev–Trinajstić information content (AvgIpc) is 2.76. The third-order valence-electron chi connectivity index (χ3n) is 2.20. The number of aryl methyl sites for hydroxylation is 1. The van der Waals surface area contributed by atoms with Gasteiger partial charge in [-0.1, -0.05) is 0 Å². The van der Waals surface area contributed by atoms with Crippen molar-refractivity contribution < 1.29 is 4.74 Å². The lowest BCUT2D eigenvalue weighted by atomic mass is 10.3. The first-order chi connectivity index (χ1) is 7.86. The topological polar surface area (TPSA) is 39.1 Å². The van der Waals surface area contributed by atoms with Crippen LogP contribution >= 0.6 is 11.6 Å². The minimum Gasteiger partial charge on any atom is -0.380 e. The summed E-state index contributed by atoms with van der Waals surface area (Å²) in [4.78, 5) is 0. The molecule has 1 aromatic heterocycles. The Morgan fingerprint density at radius 3 is 3.06 bits per heavy atom. The fourth-order valence-corrected chi connectivity index (χ4v) is 1.47. The van der Waals surface area contributed by atoms with E-state index in [-0.39, 0.29) is 0 Å². The average molecular weight is 246 g/mol. The molecule has 0 bridgehead atoms. The van der Waals surface area contributed by atoms with Gasteiger partial charge in [-0.05, 0) is 19.9 Å². The number of aromatic nitrogens is 2. The van der Waals surface area contributed by atoms with Gasteiger partial charge in [-0.2, -0.15) is 5.10 Å². The monoisotopic (exact) mass is 245 g/mol. The van der Waals surface area contributed by atoms with Crippen LogP contribution in [0, 0.1) is 0 Å². The molecule has 0 aliphatic rings. The van der Waals surface area contributed by atoms with Gasteiger partial charge in [0.2, 0.25) is 0 Å². The van der Waals surface area contributed by atoms with Crippen LogP contribution in [0.25, 0.3) is 0 Å². The molecule has 1 N–H and O–H groups in total. The molecule has 1 rings (SSSR count). The summed E-state index contributed by atoms with van der Waals surface area (Å²) in [7, 11) is 0. The number of nitrogens with one attached hydrogen (secondary N) is 1. The number of ether oxygens (including phenoxy) is 1. The van der Waals surface area contributed by atoms with Gasteiger partial charge in [-0.3, -0.25) is 4.68 Å². The molecule has 0 saturated heterocycles. The highest BCUT2D eigenvalue weighted by Gasteiger charge is 1.96. The van der Waals surface area contributed by atoms with Crippen molar-refractivity contribution in [2.75, 3.05) is 25.6 Å². The van der Waals surface area contributed by atoms with E-state index in [1.54, 1.807) is 0 Å². The van der Waals surface area contributed by atoms with Crippen molar-refractivity contribution in [1.82, 2.24) is 15.1 Å². The Morgan fingerprint density at radius 2 is 2.38 bits per heavy atom. The van der Waals surface area contributed by atoms with E-state index < -0.39 is 0 Å². The van der Waals surface area contributed by atoms with Crippen molar-refractivity contribution in [3.8, 4) is 0 Å². The summed E-state index contributed by atoms with van der Waals surface area (Å²) in [6, 6.07) is 0. The normalized spacial score (nSPS) is 10.9. The Hall–Kier alpha value is -0.580. The molecule has 1 aromatic rings. The van der Waals surface area contributed by atoms with Crippen molar-refractivity contribution in [2.45, 2.75) is 26.4 Å². The van der Waals surface area contributed by atoms with E-state index in [0.717, 1.165) is 32.7 Å². The highest BCUT2D eigenvalue weighted by molar-refractivity contribution is 6.17. The molecule has 0 aliphatic heterocycles. The highest BCUT2D eigenvalue weighted by atomic mass is 35.5. The predicted molar refractivity (Wildman–Crippen MR) is 65.8 cm³/mol. The van der Waals surface area contributed by atoms with Gasteiger partial charge in [0.1, 0.15) is 0 Å². The van der Waals surface area contributed by atoms with Crippen LogP contribution in [-0.2, 0) is 17.8 Å². The highest BCUT2D eigenvalue weighted by Crippen LogP contribution is 1.96. The summed E-state index contributed by atoms with van der Waals surface area (Å²) >= 11 is 5.49. The van der Waals surface area contributed by atoms with Crippen LogP contribution in [-0.4, -0.2) is 35.4 Å². The third kappa shape index (κ3) is 5.49. The Balaban J connectivity index is 1.98. The summed E-state index contributed by atoms with van der Waals surface area (Å²) in [5.74, 6) is 0.573. The SMILES string of the molecule is CCn1cc(CNCCCOCCCl)cn1. The minimum absolute atomic E-state index is 0.573. The summed E-state index contributed by atoms with van der Waals surface area (Å²) < 4.78 is 7.20. The molecule has 0 aromatic carbocycles. The van der Waals surface area contributed by atoms with E-state index in [1.165, 1.54) is 5.56 Å². The maximum absolute atomic E-state index is 5.49. The van der Waals surface area contributed by atoms with Crippen molar-refractivity contribution in [2.24, 2.45) is 0 Å². The zero-order valence-electron chi connectivity index (χ0n) is 9.79. The number of rotatable bonds is 9. The van der Waals surface area contributed by atoms with Crippen LogP contribution in [0.1, 0.15) is 18.9 Å². The van der Waals surface area contributed by atoms with Gasteiger partial charge in [-0.25, -0.2) is 0 Å². The Kier molecular flexibility index (Phi) is 7.21. The summed E-state index contributed by atoms with van der Waals surface area (Å²) in [6.07, 6.45) is 4.98. The lowest BCUT2D eigenvalue weighted by Crippen LogP contribution is -2.16. The first kappa shape index (κ1) is 13.5. The fraction of sp³-hybridized carbons (Fsp3) is 0.727. The molecule has 4 nitrogen and oxygen atoms in total. The first-order valence-electron chi connectivity index (χ1n) is 5.72. The molecule has 92 valence electrons. The third-order valence-corrected chi connectivity index (χ3v) is 2.36. The quantitative estimate of drug-likeness (QED) is 0.531. The number of halogens is 1. The zero-order valence-corrected chi connectivity index (χ0v) is 10.5. The van der Waals surface area contributed by atoms with E-state index in [2.05, 4.69) is 23.5 Å². The molecule has 0 unspecified atom stereocenters. The Bertz CT molecular complexity index is 278. The van der Waals surface area contributed by atoms with Gasteiger partial charge in [-0.15, -0.1) is 11.6 Å². The van der Waals surface area contributed by atoms with Gasteiger partial charge in [0.25, 0.3) is 0 Å². The molecule has 16 heavy (non-hydrogen) atoms. The molecule has 0 spiro atoms. The maximum atomic E-state index is 5.49. The molecule has 0 aliphatic carbocycles. The second kappa shape index (κ2) is 8.56. The van der Waals surface area contributed by atoms with Crippen LogP contribution in [0.5, 0.6) is 0 Å². The molecular formula is C11H20ClN3O. The lowest BCUT2D eigenvalue weighted by molar-refractivity contribution is 0.146. The standard InChI is InChI=1S/C11H20ClN3O/c1-2-15-10-11(9-14-15)8-13-5-3-6-16-7-4-12/h9-10,13H,2-8H2,1H3. The van der Waals surface area contributed by atoms with Gasteiger partial charge in [0.15, 0.2) is 0 Å². The number of nitrogens with zero attached hydrogens (tertiary/aromatic N) is 2. The zero-order chi connectivity index (χ0) is 11.6. The van der Waals surface area contributed by atoms with Crippen LogP contribution in [0.2, 0.25) is 0 Å². The maximum Gasteiger partial charge on any atom is 0.0601 e. The van der Waals surface area contributed by atoms with E-state index in [0.29, 0.717) is 12.5 Å². The predicted octanol–water partition coefficient (Wildman–Crippen LogP) is 1.64. The van der Waals surface area contributed by atoms with Crippen LogP contribution < -0.4 is 5.32 Å². The van der Waals surface area contributed by atoms with Crippen molar-refractivity contribution in [3.05, 3.63) is 18.0 Å². The van der Waals surface area contributed by atoms with Crippen molar-refractivity contribution >= 4 is 11.6 Å². The molecule has 0 amide bonds. The van der Waals surface area contributed by atoms with Gasteiger partial charge >= 0.3 is 0 Å². The molecule has 0 saturated carbocycles. The molecule has 1 heterocycles. The molecule has 0 fully saturated rings. The van der Waals surface area contributed by atoms with Crippen LogP contribution in [0.15, 0.2) is 12.4 Å². The largest absolute Gasteiger partial charge is 0.380 e. The summed E-state index contributed by atoms with van der Waals surface area (Å²) in [6.45, 7) is 6.25. The van der Waals surface area contributed by atoms with Gasteiger partial charge < -0.3 is 10.1 Å². The van der Waals surface area contributed by atoms with E-state index >= 15 is 0 Å². The Labute approximate surface area is 102 Å². The van der Waals surface area contributed by atoms with Gasteiger partial charge in [0, 0.05) is 37.3 Å². The summed E-state index contributed by atoms with van der Waals surface area (Å²) in [5.41, 5.74) is 1.23. The second-order valence-corrected chi connectivity index (χ2v) is 3.91. The van der Waals surface area contributed by atoms with Crippen LogP contribution in [0.3, 0.4) is 0 Å². The smallest absolute Gasteiger partial charge is 0.0601 e. The number of hydrogen-bond donors (Lipinski definition) is 1. The lowest BCUT2D eigenvalue weighted by Gasteiger charge is -2.03. The first-order valence-corrected chi connectivity index (χ1v) is 6.26. The Morgan fingerprint density at radius 1 is 1.50 bits per heavy atom. The molecule has 0 radical (unpaired) electrons. The number of alkyl halides is 1. The second-order valence-electron chi connectivity index (χ2n) is 3.54. The number of hydrogen-bond acceptors (Lipinski definition) is 3. The molecule has 5 heteroatoms. The minimum atomic E-state index is 0.573. The summed E-state index contributed by atoms with van der Waals surface area (Å²) in [5, 5.41) is 7.56. The molecule has 0 atom stereocenters. The van der Waals surface area contributed by atoms with Crippen molar-refractivity contribution in [3.63, 3.8) is 0 Å². The fourth-order valence-electron chi connectivity index (χ4n) is 1.36. The van der Waals surface area contributed by atoms with Crippen LogP contribution in [0.4, 0.5) is 0 Å². The van der Waals surface area contributed by atoms with Gasteiger partial charge in [0.05, 0.1) is 12.8 Å². The van der Waals surface area contributed by atoms with E-state index in [9.17, 15) is 0 Å². The van der Waals surface area contributed by atoms with E-state index in [1.807, 2.05) is 10.9 Å². The van der Waals surface area contributed by atoms with Crippen molar-refractivity contribution in [1.29, 1.82) is 0 Å². The van der Waals surface area contributed by atoms with E-state index in [4.69, 9.17) is 16.3 Å².